The molecule has 0 aliphatic heterocycles. The molecular weight excluding hydrogens is 250 g/mol. The molecule has 0 atom stereocenters. The molecule has 3 aromatic rings. The third-order valence-corrected chi connectivity index (χ3v) is 3.49. The van der Waals surface area contributed by atoms with E-state index in [0.29, 0.717) is 6.54 Å². The van der Waals surface area contributed by atoms with E-state index in [-0.39, 0.29) is 6.61 Å². The Bertz CT molecular complexity index is 716. The number of benzene rings is 1. The lowest BCUT2D eigenvalue weighted by Crippen LogP contribution is -1.99. The summed E-state index contributed by atoms with van der Waals surface area (Å²) in [5, 5.41) is 10.2. The first kappa shape index (κ1) is 12.8. The fourth-order valence-corrected chi connectivity index (χ4v) is 2.43. The van der Waals surface area contributed by atoms with E-state index in [2.05, 4.69) is 21.8 Å². The van der Waals surface area contributed by atoms with Crippen molar-refractivity contribution < 1.29 is 5.11 Å². The standard InChI is InChI=1S/C16H17N3O/c17-8-14-10-19(16-15(14)2-1-7-18-16)9-12-3-5-13(11-20)6-4-12/h1-7,10,20H,8-9,11,17H2. The van der Waals surface area contributed by atoms with E-state index in [1.54, 1.807) is 6.20 Å². The predicted molar refractivity (Wildman–Crippen MR) is 79.1 cm³/mol. The van der Waals surface area contributed by atoms with Crippen LogP contribution in [0.25, 0.3) is 11.0 Å². The number of nitrogens with two attached hydrogens (primary N) is 1. The van der Waals surface area contributed by atoms with Gasteiger partial charge in [0.1, 0.15) is 5.65 Å². The third-order valence-electron chi connectivity index (χ3n) is 3.49. The lowest BCUT2D eigenvalue weighted by atomic mass is 10.1. The number of aliphatic hydroxyl groups excluding tert-OH is 1. The quantitative estimate of drug-likeness (QED) is 0.760. The second-order valence-electron chi connectivity index (χ2n) is 4.84. The van der Waals surface area contributed by atoms with Crippen LogP contribution in [0.15, 0.2) is 48.8 Å². The molecule has 0 aliphatic rings. The van der Waals surface area contributed by atoms with E-state index in [4.69, 9.17) is 10.8 Å². The van der Waals surface area contributed by atoms with Crippen LogP contribution in [-0.4, -0.2) is 14.7 Å². The zero-order valence-corrected chi connectivity index (χ0v) is 11.2. The first-order valence-electron chi connectivity index (χ1n) is 6.63. The van der Waals surface area contributed by atoms with Gasteiger partial charge in [-0.2, -0.15) is 0 Å². The fourth-order valence-electron chi connectivity index (χ4n) is 2.43. The van der Waals surface area contributed by atoms with E-state index < -0.39 is 0 Å². The Hall–Kier alpha value is -2.17. The van der Waals surface area contributed by atoms with Crippen LogP contribution in [0.1, 0.15) is 16.7 Å². The average molecular weight is 267 g/mol. The number of nitrogens with zero attached hydrogens (tertiary/aromatic N) is 2. The maximum atomic E-state index is 9.07. The Morgan fingerprint density at radius 1 is 1.10 bits per heavy atom. The van der Waals surface area contributed by atoms with E-state index >= 15 is 0 Å². The maximum Gasteiger partial charge on any atom is 0.140 e. The summed E-state index contributed by atoms with van der Waals surface area (Å²) in [5.41, 5.74) is 9.96. The first-order chi connectivity index (χ1) is 9.81. The summed E-state index contributed by atoms with van der Waals surface area (Å²) in [6.07, 6.45) is 3.87. The molecule has 0 spiro atoms. The van der Waals surface area contributed by atoms with Gasteiger partial charge in [-0.3, -0.25) is 0 Å². The normalized spacial score (nSPS) is 11.1. The monoisotopic (exact) mass is 267 g/mol. The topological polar surface area (TPSA) is 64.1 Å². The molecule has 1 aromatic carbocycles. The number of pyridine rings is 1. The Morgan fingerprint density at radius 2 is 1.85 bits per heavy atom. The molecule has 0 aliphatic carbocycles. The minimum Gasteiger partial charge on any atom is -0.392 e. The molecule has 0 bridgehead atoms. The van der Waals surface area contributed by atoms with Crippen LogP contribution in [0.3, 0.4) is 0 Å². The lowest BCUT2D eigenvalue weighted by Gasteiger charge is -2.05. The van der Waals surface area contributed by atoms with Crippen LogP contribution in [0.2, 0.25) is 0 Å². The second-order valence-corrected chi connectivity index (χ2v) is 4.84. The van der Waals surface area contributed by atoms with Gasteiger partial charge in [0.2, 0.25) is 0 Å². The molecule has 0 unspecified atom stereocenters. The summed E-state index contributed by atoms with van der Waals surface area (Å²) in [6.45, 7) is 1.34. The van der Waals surface area contributed by atoms with Crippen LogP contribution in [0, 0.1) is 0 Å². The van der Waals surface area contributed by atoms with Gasteiger partial charge in [0, 0.05) is 30.9 Å². The van der Waals surface area contributed by atoms with Gasteiger partial charge in [-0.05, 0) is 28.8 Å². The van der Waals surface area contributed by atoms with Crippen molar-refractivity contribution in [2.24, 2.45) is 5.73 Å². The van der Waals surface area contributed by atoms with Gasteiger partial charge in [-0.15, -0.1) is 0 Å². The van der Waals surface area contributed by atoms with Gasteiger partial charge in [-0.25, -0.2) is 4.98 Å². The summed E-state index contributed by atoms with van der Waals surface area (Å²) < 4.78 is 2.12. The first-order valence-corrected chi connectivity index (χ1v) is 6.63. The molecule has 0 radical (unpaired) electrons. The van der Waals surface area contributed by atoms with Gasteiger partial charge in [0.15, 0.2) is 0 Å². The van der Waals surface area contributed by atoms with Crippen LogP contribution < -0.4 is 5.73 Å². The van der Waals surface area contributed by atoms with Gasteiger partial charge in [-0.1, -0.05) is 24.3 Å². The molecule has 0 saturated carbocycles. The zero-order valence-electron chi connectivity index (χ0n) is 11.2. The molecule has 102 valence electrons. The Balaban J connectivity index is 1.97. The second kappa shape index (κ2) is 5.45. The lowest BCUT2D eigenvalue weighted by molar-refractivity contribution is 0.282. The highest BCUT2D eigenvalue weighted by atomic mass is 16.3. The molecule has 0 fully saturated rings. The van der Waals surface area contributed by atoms with Crippen LogP contribution in [-0.2, 0) is 19.7 Å². The van der Waals surface area contributed by atoms with E-state index in [1.165, 1.54) is 5.56 Å². The van der Waals surface area contributed by atoms with E-state index in [1.807, 2.05) is 30.3 Å². The molecule has 3 N–H and O–H groups in total. The molecule has 20 heavy (non-hydrogen) atoms. The SMILES string of the molecule is NCc1cn(Cc2ccc(CO)cc2)c2ncccc12. The minimum absolute atomic E-state index is 0.0750. The van der Waals surface area contributed by atoms with Crippen molar-refractivity contribution in [3.63, 3.8) is 0 Å². The van der Waals surface area contributed by atoms with Crippen molar-refractivity contribution in [3.8, 4) is 0 Å². The summed E-state index contributed by atoms with van der Waals surface area (Å²) in [7, 11) is 0. The maximum absolute atomic E-state index is 9.07. The van der Waals surface area contributed by atoms with Gasteiger partial charge in [0.25, 0.3) is 0 Å². The van der Waals surface area contributed by atoms with Crippen molar-refractivity contribution >= 4 is 11.0 Å². The molecule has 2 heterocycles. The van der Waals surface area contributed by atoms with Crippen LogP contribution >= 0.6 is 0 Å². The van der Waals surface area contributed by atoms with Crippen LogP contribution in [0.5, 0.6) is 0 Å². The highest BCUT2D eigenvalue weighted by Crippen LogP contribution is 2.20. The number of hydrogen-bond donors (Lipinski definition) is 2. The number of rotatable bonds is 4. The van der Waals surface area contributed by atoms with Crippen molar-refractivity contribution in [1.29, 1.82) is 0 Å². The summed E-state index contributed by atoms with van der Waals surface area (Å²) in [4.78, 5) is 4.45. The van der Waals surface area contributed by atoms with Gasteiger partial charge in [0.05, 0.1) is 6.61 Å². The molecule has 3 rings (SSSR count). The Labute approximate surface area is 117 Å². The molecular formula is C16H17N3O. The fraction of sp³-hybridized carbons (Fsp3) is 0.188. The summed E-state index contributed by atoms with van der Waals surface area (Å²) >= 11 is 0. The van der Waals surface area contributed by atoms with Crippen molar-refractivity contribution in [3.05, 3.63) is 65.5 Å². The predicted octanol–water partition coefficient (Wildman–Crippen LogP) is 2.04. The number of aromatic nitrogens is 2. The van der Waals surface area contributed by atoms with E-state index in [0.717, 1.165) is 28.7 Å². The van der Waals surface area contributed by atoms with Gasteiger partial charge < -0.3 is 15.4 Å². The molecule has 4 nitrogen and oxygen atoms in total. The molecule has 0 saturated heterocycles. The highest BCUT2D eigenvalue weighted by molar-refractivity contribution is 5.80. The average Bonchev–Trinajstić information content (AvgIpc) is 2.86. The molecule has 4 heteroatoms. The number of aliphatic hydroxyl groups is 1. The minimum atomic E-state index is 0.0750. The van der Waals surface area contributed by atoms with E-state index in [9.17, 15) is 0 Å². The summed E-state index contributed by atoms with van der Waals surface area (Å²) in [6, 6.07) is 11.9. The Morgan fingerprint density at radius 3 is 2.55 bits per heavy atom. The smallest absolute Gasteiger partial charge is 0.140 e. The van der Waals surface area contributed by atoms with Crippen molar-refractivity contribution in [2.45, 2.75) is 19.7 Å². The van der Waals surface area contributed by atoms with Crippen molar-refractivity contribution in [2.75, 3.05) is 0 Å². The highest BCUT2D eigenvalue weighted by Gasteiger charge is 2.08. The number of hydrogen-bond acceptors (Lipinski definition) is 3. The zero-order chi connectivity index (χ0) is 13.9. The summed E-state index contributed by atoms with van der Waals surface area (Å²) in [5.74, 6) is 0. The number of fused-ring (bicyclic) bond motifs is 1. The Kier molecular flexibility index (Phi) is 3.50. The van der Waals surface area contributed by atoms with Gasteiger partial charge >= 0.3 is 0 Å². The third kappa shape index (κ3) is 2.31. The molecule has 0 amide bonds. The molecule has 2 aromatic heterocycles. The van der Waals surface area contributed by atoms with Crippen molar-refractivity contribution in [1.82, 2.24) is 9.55 Å². The largest absolute Gasteiger partial charge is 0.392 e. The van der Waals surface area contributed by atoms with Crippen LogP contribution in [0.4, 0.5) is 0 Å².